The van der Waals surface area contributed by atoms with Crippen molar-refractivity contribution >= 4 is 11.3 Å². The lowest BCUT2D eigenvalue weighted by Gasteiger charge is -2.13. The molecule has 0 amide bonds. The van der Waals surface area contributed by atoms with E-state index in [0.717, 1.165) is 22.0 Å². The molecule has 0 spiro atoms. The Morgan fingerprint density at radius 2 is 1.95 bits per heavy atom. The summed E-state index contributed by atoms with van der Waals surface area (Å²) in [5.41, 5.74) is 2.13. The van der Waals surface area contributed by atoms with Crippen molar-refractivity contribution < 1.29 is 9.84 Å². The number of nitrogens with one attached hydrogen (secondary N) is 1. The quantitative estimate of drug-likeness (QED) is 0.861. The molecule has 0 aliphatic carbocycles. The molecule has 1 aromatic carbocycles. The van der Waals surface area contributed by atoms with Crippen LogP contribution in [0, 0.1) is 6.92 Å². The second-order valence-electron chi connectivity index (χ2n) is 5.18. The summed E-state index contributed by atoms with van der Waals surface area (Å²) in [6.45, 7) is 6.48. The van der Waals surface area contributed by atoms with Gasteiger partial charge in [-0.05, 0) is 45.0 Å². The Labute approximate surface area is 129 Å². The Morgan fingerprint density at radius 3 is 2.52 bits per heavy atom. The molecule has 4 nitrogen and oxygen atoms in total. The topological polar surface area (TPSA) is 54.4 Å². The molecular weight excluding hydrogens is 284 g/mol. The fourth-order valence-electron chi connectivity index (χ4n) is 2.11. The molecule has 0 saturated heterocycles. The van der Waals surface area contributed by atoms with Gasteiger partial charge in [0.1, 0.15) is 10.8 Å². The predicted molar refractivity (Wildman–Crippen MR) is 86.9 cm³/mol. The zero-order valence-electron chi connectivity index (χ0n) is 12.9. The van der Waals surface area contributed by atoms with Crippen molar-refractivity contribution in [1.82, 2.24) is 10.3 Å². The fourth-order valence-corrected chi connectivity index (χ4v) is 3.21. The van der Waals surface area contributed by atoms with E-state index in [2.05, 4.69) is 17.2 Å². The third-order valence-corrected chi connectivity index (χ3v) is 4.67. The molecule has 2 rings (SSSR count). The number of hydrogen-bond donors (Lipinski definition) is 2. The van der Waals surface area contributed by atoms with E-state index < -0.39 is 0 Å². The van der Waals surface area contributed by atoms with Crippen molar-refractivity contribution in [3.63, 3.8) is 0 Å². The van der Waals surface area contributed by atoms with E-state index in [1.54, 1.807) is 25.4 Å². The lowest BCUT2D eigenvalue weighted by Crippen LogP contribution is -2.27. The van der Waals surface area contributed by atoms with E-state index in [0.29, 0.717) is 6.54 Å². The van der Waals surface area contributed by atoms with Crippen LogP contribution < -0.4 is 10.1 Å². The zero-order valence-corrected chi connectivity index (χ0v) is 13.7. The summed E-state index contributed by atoms with van der Waals surface area (Å²) in [6, 6.07) is 8.12. The van der Waals surface area contributed by atoms with Gasteiger partial charge in [0, 0.05) is 23.0 Å². The molecule has 2 aromatic rings. The molecule has 1 heterocycles. The zero-order chi connectivity index (χ0) is 15.4. The fraction of sp³-hybridized carbons (Fsp3) is 0.438. The molecule has 0 bridgehead atoms. The second-order valence-corrected chi connectivity index (χ2v) is 6.21. The number of thiazole rings is 1. The monoisotopic (exact) mass is 306 g/mol. The number of aryl methyl sites for hydroxylation is 1. The molecule has 0 aliphatic heterocycles. The Bertz CT molecular complexity index is 578. The molecule has 0 fully saturated rings. The van der Waals surface area contributed by atoms with Crippen LogP contribution in [0.2, 0.25) is 0 Å². The van der Waals surface area contributed by atoms with Gasteiger partial charge in [0.2, 0.25) is 0 Å². The predicted octanol–water partition coefficient (Wildman–Crippen LogP) is 3.16. The molecule has 2 unspecified atom stereocenters. The van der Waals surface area contributed by atoms with Crippen LogP contribution in [0.15, 0.2) is 24.3 Å². The minimum Gasteiger partial charge on any atom is -0.497 e. The summed E-state index contributed by atoms with van der Waals surface area (Å²) in [5.74, 6) is 0.846. The molecule has 1 aromatic heterocycles. The Morgan fingerprint density at radius 1 is 1.29 bits per heavy atom. The van der Waals surface area contributed by atoms with E-state index in [4.69, 9.17) is 4.74 Å². The number of benzene rings is 1. The van der Waals surface area contributed by atoms with Crippen molar-refractivity contribution in [3.8, 4) is 16.3 Å². The first-order valence-electron chi connectivity index (χ1n) is 7.04. The van der Waals surface area contributed by atoms with Gasteiger partial charge in [0.25, 0.3) is 0 Å². The molecule has 5 heteroatoms. The van der Waals surface area contributed by atoms with Gasteiger partial charge in [-0.1, -0.05) is 0 Å². The number of ether oxygens (including phenoxy) is 1. The number of aromatic nitrogens is 1. The Balaban J connectivity index is 2.17. The number of nitrogens with zero attached hydrogens (tertiary/aromatic N) is 1. The highest BCUT2D eigenvalue weighted by atomic mass is 32.1. The number of aliphatic hydroxyl groups excluding tert-OH is 1. The summed E-state index contributed by atoms with van der Waals surface area (Å²) in [4.78, 5) is 5.87. The minimum absolute atomic E-state index is 0.184. The summed E-state index contributed by atoms with van der Waals surface area (Å²) in [6.07, 6.45) is -0.346. The molecule has 0 aliphatic rings. The van der Waals surface area contributed by atoms with Gasteiger partial charge in [-0.3, -0.25) is 0 Å². The second kappa shape index (κ2) is 7.02. The van der Waals surface area contributed by atoms with Crippen molar-refractivity contribution in [2.75, 3.05) is 13.7 Å². The number of aliphatic hydroxyl groups is 1. The lowest BCUT2D eigenvalue weighted by atomic mass is 10.2. The maximum absolute atomic E-state index is 9.36. The average molecular weight is 306 g/mol. The SMILES string of the molecule is COc1ccc(-c2nc(C)c(C(C)NCC(C)O)s2)cc1. The third kappa shape index (κ3) is 4.03. The minimum atomic E-state index is -0.346. The first kappa shape index (κ1) is 15.9. The molecule has 21 heavy (non-hydrogen) atoms. The van der Waals surface area contributed by atoms with E-state index >= 15 is 0 Å². The highest BCUT2D eigenvalue weighted by molar-refractivity contribution is 7.15. The number of rotatable bonds is 6. The summed E-state index contributed by atoms with van der Waals surface area (Å²) in [7, 11) is 1.66. The van der Waals surface area contributed by atoms with Crippen LogP contribution in [0.4, 0.5) is 0 Å². The Hall–Kier alpha value is -1.43. The van der Waals surface area contributed by atoms with Crippen molar-refractivity contribution in [3.05, 3.63) is 34.8 Å². The van der Waals surface area contributed by atoms with E-state index in [1.165, 1.54) is 4.88 Å². The van der Waals surface area contributed by atoms with Crippen LogP contribution in [0.3, 0.4) is 0 Å². The third-order valence-electron chi connectivity index (χ3n) is 3.28. The largest absolute Gasteiger partial charge is 0.497 e. The first-order valence-corrected chi connectivity index (χ1v) is 7.86. The highest BCUT2D eigenvalue weighted by Gasteiger charge is 2.15. The Kier molecular flexibility index (Phi) is 5.33. The number of methoxy groups -OCH3 is 1. The standard InChI is InChI=1S/C16H22N2O2S/c1-10(19)9-17-11(2)15-12(3)18-16(21-15)13-5-7-14(20-4)8-6-13/h5-8,10-11,17,19H,9H2,1-4H3. The molecule has 114 valence electrons. The van der Waals surface area contributed by atoms with Gasteiger partial charge < -0.3 is 15.2 Å². The van der Waals surface area contributed by atoms with Gasteiger partial charge in [0.05, 0.1) is 18.9 Å². The van der Waals surface area contributed by atoms with Gasteiger partial charge in [-0.15, -0.1) is 11.3 Å². The van der Waals surface area contributed by atoms with Gasteiger partial charge in [-0.25, -0.2) is 4.98 Å². The van der Waals surface area contributed by atoms with Crippen LogP contribution in [0.1, 0.15) is 30.5 Å². The van der Waals surface area contributed by atoms with E-state index in [-0.39, 0.29) is 12.1 Å². The smallest absolute Gasteiger partial charge is 0.123 e. The van der Waals surface area contributed by atoms with Crippen LogP contribution in [0.5, 0.6) is 5.75 Å². The maximum Gasteiger partial charge on any atom is 0.123 e. The van der Waals surface area contributed by atoms with Gasteiger partial charge in [-0.2, -0.15) is 0 Å². The normalized spacial score (nSPS) is 14.0. The molecule has 2 atom stereocenters. The van der Waals surface area contributed by atoms with Gasteiger partial charge >= 0.3 is 0 Å². The average Bonchev–Trinajstić information content (AvgIpc) is 2.87. The van der Waals surface area contributed by atoms with Crippen molar-refractivity contribution in [2.45, 2.75) is 32.9 Å². The maximum atomic E-state index is 9.36. The van der Waals surface area contributed by atoms with Crippen LogP contribution in [-0.2, 0) is 0 Å². The molecule has 2 N–H and O–H groups in total. The molecular formula is C16H22N2O2S. The van der Waals surface area contributed by atoms with Crippen LogP contribution in [-0.4, -0.2) is 29.8 Å². The molecule has 0 radical (unpaired) electrons. The first-order chi connectivity index (χ1) is 10.0. The summed E-state index contributed by atoms with van der Waals surface area (Å²) >= 11 is 1.69. The van der Waals surface area contributed by atoms with Gasteiger partial charge in [0.15, 0.2) is 0 Å². The van der Waals surface area contributed by atoms with E-state index in [1.807, 2.05) is 31.2 Å². The highest BCUT2D eigenvalue weighted by Crippen LogP contribution is 2.32. The van der Waals surface area contributed by atoms with E-state index in [9.17, 15) is 5.11 Å². The lowest BCUT2D eigenvalue weighted by molar-refractivity contribution is 0.187. The summed E-state index contributed by atoms with van der Waals surface area (Å²) < 4.78 is 5.18. The molecule has 0 saturated carbocycles. The van der Waals surface area contributed by atoms with Crippen LogP contribution in [0.25, 0.3) is 10.6 Å². The summed E-state index contributed by atoms with van der Waals surface area (Å²) in [5, 5.41) is 13.7. The van der Waals surface area contributed by atoms with Crippen molar-refractivity contribution in [1.29, 1.82) is 0 Å². The van der Waals surface area contributed by atoms with Crippen molar-refractivity contribution in [2.24, 2.45) is 0 Å². The van der Waals surface area contributed by atoms with Crippen LogP contribution >= 0.6 is 11.3 Å². The number of hydrogen-bond acceptors (Lipinski definition) is 5.